The molecule has 10 nitrogen and oxygen atoms in total. The number of fused-ring (bicyclic) bond motifs is 1. The molecule has 10 heteroatoms. The summed E-state index contributed by atoms with van der Waals surface area (Å²) in [5.41, 5.74) is 0.322. The zero-order valence-corrected chi connectivity index (χ0v) is 19.2. The maximum Gasteiger partial charge on any atom is 0.282 e. The third-order valence-electron chi connectivity index (χ3n) is 6.29. The largest absolute Gasteiger partial charge is 0.497 e. The molecule has 0 bridgehead atoms. The van der Waals surface area contributed by atoms with Gasteiger partial charge in [-0.15, -0.1) is 0 Å². The molecule has 2 aliphatic rings. The summed E-state index contributed by atoms with van der Waals surface area (Å²) < 4.78 is 5.14. The highest BCUT2D eigenvalue weighted by Gasteiger charge is 2.52. The van der Waals surface area contributed by atoms with E-state index in [1.165, 1.54) is 37.4 Å². The number of hydrogen-bond donors (Lipinski definition) is 0. The van der Waals surface area contributed by atoms with Crippen molar-refractivity contribution in [3.05, 3.63) is 81.4 Å². The summed E-state index contributed by atoms with van der Waals surface area (Å²) in [5.74, 6) is -3.65. The summed E-state index contributed by atoms with van der Waals surface area (Å²) in [7, 11) is 1.44. The van der Waals surface area contributed by atoms with E-state index in [-0.39, 0.29) is 11.1 Å². The fourth-order valence-electron chi connectivity index (χ4n) is 4.47. The lowest BCUT2D eigenvalue weighted by Crippen LogP contribution is -2.52. The van der Waals surface area contributed by atoms with Gasteiger partial charge in [-0.25, -0.2) is 5.01 Å². The number of imide groups is 1. The van der Waals surface area contributed by atoms with Gasteiger partial charge in [0.2, 0.25) is 0 Å². The van der Waals surface area contributed by atoms with Crippen LogP contribution >= 0.6 is 0 Å². The van der Waals surface area contributed by atoms with Gasteiger partial charge in [0.15, 0.2) is 5.78 Å². The molecule has 180 valence electrons. The SMILES string of the molecule is COc1cccc(C(=O)CN(C(=O)c2ccccc2[N+](=O)[O-])N2C(=O)[C@@H]3CC=C(C)C[C@H]3C2=O)c1. The third-order valence-corrected chi connectivity index (χ3v) is 6.29. The van der Waals surface area contributed by atoms with Crippen LogP contribution in [0.3, 0.4) is 0 Å². The van der Waals surface area contributed by atoms with Gasteiger partial charge >= 0.3 is 0 Å². The second kappa shape index (κ2) is 9.49. The number of hydrogen-bond acceptors (Lipinski definition) is 7. The number of ether oxygens (including phenoxy) is 1. The quantitative estimate of drug-likeness (QED) is 0.197. The summed E-state index contributed by atoms with van der Waals surface area (Å²) in [6.07, 6.45) is 2.59. The highest BCUT2D eigenvalue weighted by Crippen LogP contribution is 2.39. The van der Waals surface area contributed by atoms with E-state index in [1.807, 2.05) is 13.0 Å². The van der Waals surface area contributed by atoms with Gasteiger partial charge in [-0.1, -0.05) is 35.9 Å². The molecule has 0 radical (unpaired) electrons. The first-order valence-electron chi connectivity index (χ1n) is 11.0. The lowest BCUT2D eigenvalue weighted by molar-refractivity contribution is -0.385. The normalized spacial score (nSPS) is 19.1. The van der Waals surface area contributed by atoms with Crippen LogP contribution in [0, 0.1) is 22.0 Å². The summed E-state index contributed by atoms with van der Waals surface area (Å²) in [6.45, 7) is 1.20. The van der Waals surface area contributed by atoms with Crippen molar-refractivity contribution in [1.29, 1.82) is 0 Å². The molecule has 1 heterocycles. The molecular formula is C25H23N3O7. The molecule has 0 unspecified atom stereocenters. The van der Waals surface area contributed by atoms with Crippen LogP contribution in [0.25, 0.3) is 0 Å². The molecule has 1 aliphatic heterocycles. The van der Waals surface area contributed by atoms with E-state index in [0.29, 0.717) is 23.6 Å². The van der Waals surface area contributed by atoms with E-state index >= 15 is 0 Å². The minimum Gasteiger partial charge on any atom is -0.497 e. The van der Waals surface area contributed by atoms with Crippen molar-refractivity contribution in [1.82, 2.24) is 10.0 Å². The Labute approximate surface area is 200 Å². The average Bonchev–Trinajstić information content (AvgIpc) is 3.10. The highest BCUT2D eigenvalue weighted by molar-refractivity contribution is 6.10. The molecule has 0 spiro atoms. The average molecular weight is 477 g/mol. The van der Waals surface area contributed by atoms with Crippen LogP contribution in [0.15, 0.2) is 60.2 Å². The maximum absolute atomic E-state index is 13.6. The molecule has 2 aromatic carbocycles. The molecule has 1 fully saturated rings. The Kier molecular flexibility index (Phi) is 6.46. The van der Waals surface area contributed by atoms with Crippen LogP contribution in [-0.4, -0.2) is 52.1 Å². The summed E-state index contributed by atoms with van der Waals surface area (Å²) >= 11 is 0. The molecule has 0 saturated carbocycles. The Bertz CT molecular complexity index is 1270. The topological polar surface area (TPSA) is 127 Å². The van der Waals surface area contributed by atoms with Crippen molar-refractivity contribution in [3.8, 4) is 5.75 Å². The van der Waals surface area contributed by atoms with Gasteiger partial charge in [-0.3, -0.25) is 29.3 Å². The predicted octanol–water partition coefficient (Wildman–Crippen LogP) is 3.18. The molecule has 4 rings (SSSR count). The number of benzene rings is 2. The van der Waals surface area contributed by atoms with E-state index in [4.69, 9.17) is 4.74 Å². The molecule has 2 aromatic rings. The Morgan fingerprint density at radius 3 is 2.54 bits per heavy atom. The number of Topliss-reactive ketones (excluding diaryl/α,β-unsaturated/α-hetero) is 1. The number of rotatable bonds is 7. The Hall–Kier alpha value is -4.34. The number of hydrazine groups is 1. The van der Waals surface area contributed by atoms with Crippen molar-refractivity contribution in [2.75, 3.05) is 13.7 Å². The number of methoxy groups -OCH3 is 1. The number of para-hydroxylation sites is 1. The van der Waals surface area contributed by atoms with Gasteiger partial charge in [0.25, 0.3) is 23.4 Å². The van der Waals surface area contributed by atoms with Crippen LogP contribution in [0.2, 0.25) is 0 Å². The second-order valence-electron chi connectivity index (χ2n) is 8.48. The summed E-state index contributed by atoms with van der Waals surface area (Å²) in [6, 6.07) is 11.4. The zero-order valence-electron chi connectivity index (χ0n) is 19.2. The number of nitro benzene ring substituents is 1. The molecule has 35 heavy (non-hydrogen) atoms. The van der Waals surface area contributed by atoms with Crippen LogP contribution in [0.5, 0.6) is 5.75 Å². The van der Waals surface area contributed by atoms with Crippen molar-refractivity contribution in [2.45, 2.75) is 19.8 Å². The molecule has 1 saturated heterocycles. The van der Waals surface area contributed by atoms with E-state index in [2.05, 4.69) is 0 Å². The number of nitro groups is 1. The number of nitrogens with zero attached hydrogens (tertiary/aromatic N) is 3. The lowest BCUT2D eigenvalue weighted by atomic mass is 9.82. The number of carbonyl (C=O) groups is 4. The number of amides is 3. The standard InChI is InChI=1S/C25H23N3O7/c1-15-10-11-18-20(12-15)25(32)27(24(18)31)26(14-22(29)16-6-5-7-17(13-16)35-2)23(30)19-8-3-4-9-21(19)28(33)34/h3-10,13,18,20H,11-12,14H2,1-2H3/t18-,20-/m1/s1. The fraction of sp³-hybridized carbons (Fsp3) is 0.280. The van der Waals surface area contributed by atoms with Crippen LogP contribution < -0.4 is 4.74 Å². The smallest absolute Gasteiger partial charge is 0.282 e. The van der Waals surface area contributed by atoms with Gasteiger partial charge in [-0.05, 0) is 38.0 Å². The predicted molar refractivity (Wildman–Crippen MR) is 123 cm³/mol. The molecule has 0 N–H and O–H groups in total. The monoisotopic (exact) mass is 477 g/mol. The number of allylic oxidation sites excluding steroid dienone is 2. The third kappa shape index (κ3) is 4.42. The van der Waals surface area contributed by atoms with Crippen molar-refractivity contribution in [3.63, 3.8) is 0 Å². The molecule has 0 aromatic heterocycles. The number of carbonyl (C=O) groups excluding carboxylic acids is 4. The molecule has 2 atom stereocenters. The van der Waals surface area contributed by atoms with Gasteiger partial charge in [-0.2, -0.15) is 5.01 Å². The Morgan fingerprint density at radius 1 is 1.11 bits per heavy atom. The molecular weight excluding hydrogens is 454 g/mol. The minimum atomic E-state index is -0.987. The second-order valence-corrected chi connectivity index (χ2v) is 8.48. The van der Waals surface area contributed by atoms with Crippen LogP contribution in [-0.2, 0) is 9.59 Å². The van der Waals surface area contributed by atoms with Crippen LogP contribution in [0.4, 0.5) is 5.69 Å². The minimum absolute atomic E-state index is 0.193. The number of ketones is 1. The van der Waals surface area contributed by atoms with Crippen LogP contribution in [0.1, 0.15) is 40.5 Å². The first-order valence-corrected chi connectivity index (χ1v) is 11.0. The van der Waals surface area contributed by atoms with Gasteiger partial charge in [0.05, 0.1) is 23.9 Å². The lowest BCUT2D eigenvalue weighted by Gasteiger charge is -2.30. The highest BCUT2D eigenvalue weighted by atomic mass is 16.6. The first-order chi connectivity index (χ1) is 16.7. The van der Waals surface area contributed by atoms with E-state index < -0.39 is 52.5 Å². The van der Waals surface area contributed by atoms with Gasteiger partial charge in [0, 0.05) is 11.6 Å². The molecule has 1 aliphatic carbocycles. The van der Waals surface area contributed by atoms with Crippen molar-refractivity contribution in [2.24, 2.45) is 11.8 Å². The van der Waals surface area contributed by atoms with E-state index in [9.17, 15) is 29.3 Å². The van der Waals surface area contributed by atoms with E-state index in [0.717, 1.165) is 16.6 Å². The van der Waals surface area contributed by atoms with E-state index in [1.54, 1.807) is 12.1 Å². The Morgan fingerprint density at radius 2 is 1.83 bits per heavy atom. The van der Waals surface area contributed by atoms with Crippen molar-refractivity contribution < 1.29 is 28.8 Å². The maximum atomic E-state index is 13.6. The summed E-state index contributed by atoms with van der Waals surface area (Å²) in [5, 5.41) is 13.0. The zero-order chi connectivity index (χ0) is 25.3. The fourth-order valence-corrected chi connectivity index (χ4v) is 4.47. The summed E-state index contributed by atoms with van der Waals surface area (Å²) in [4.78, 5) is 64.2. The van der Waals surface area contributed by atoms with Crippen molar-refractivity contribution >= 4 is 29.2 Å². The Balaban J connectivity index is 1.75. The van der Waals surface area contributed by atoms with Gasteiger partial charge < -0.3 is 4.74 Å². The van der Waals surface area contributed by atoms with Gasteiger partial charge in [0.1, 0.15) is 17.9 Å². The molecule has 3 amide bonds. The first kappa shape index (κ1) is 23.8.